The van der Waals surface area contributed by atoms with Crippen molar-refractivity contribution in [3.63, 3.8) is 0 Å². The molecule has 1 aromatic rings. The number of hydrogen-bond acceptors (Lipinski definition) is 3. The Hall–Kier alpha value is -1.58. The first-order valence-corrected chi connectivity index (χ1v) is 6.04. The zero-order valence-corrected chi connectivity index (χ0v) is 11.0. The molecule has 0 aliphatic heterocycles. The number of carbonyl (C=O) groups excluding carboxylic acids is 1. The number of carbonyl (C=O) groups is 1. The second kappa shape index (κ2) is 6.23. The Balaban J connectivity index is 3.00. The third-order valence-corrected chi connectivity index (χ3v) is 2.67. The maximum atomic E-state index is 12.4. The predicted molar refractivity (Wildman–Crippen MR) is 70.2 cm³/mol. The van der Waals surface area contributed by atoms with Gasteiger partial charge in [0, 0.05) is 25.8 Å². The number of anilines is 1. The highest BCUT2D eigenvalue weighted by atomic mass is 16.2. The highest BCUT2D eigenvalue weighted by Gasteiger charge is 2.20. The van der Waals surface area contributed by atoms with E-state index in [1.54, 1.807) is 25.5 Å². The third-order valence-electron chi connectivity index (χ3n) is 2.67. The molecule has 0 radical (unpaired) electrons. The van der Waals surface area contributed by atoms with Crippen molar-refractivity contribution in [3.8, 4) is 0 Å². The fraction of sp³-hybridized carbons (Fsp3) is 0.538. The lowest BCUT2D eigenvalue weighted by molar-refractivity contribution is 0.0707. The summed E-state index contributed by atoms with van der Waals surface area (Å²) < 4.78 is 0. The molecule has 4 nitrogen and oxygen atoms in total. The van der Waals surface area contributed by atoms with Gasteiger partial charge in [-0.1, -0.05) is 6.92 Å². The Morgan fingerprint density at radius 2 is 2.24 bits per heavy atom. The number of amides is 1. The zero-order chi connectivity index (χ0) is 12.8. The molecule has 4 heteroatoms. The van der Waals surface area contributed by atoms with Crippen LogP contribution >= 0.6 is 0 Å². The summed E-state index contributed by atoms with van der Waals surface area (Å²) in [6.45, 7) is 6.93. The van der Waals surface area contributed by atoms with Gasteiger partial charge in [0.1, 0.15) is 0 Å². The summed E-state index contributed by atoms with van der Waals surface area (Å²) in [6, 6.07) is 1.97. The molecule has 1 aromatic heterocycles. The van der Waals surface area contributed by atoms with Gasteiger partial charge in [-0.15, -0.1) is 0 Å². The summed E-state index contributed by atoms with van der Waals surface area (Å²) in [5, 5.41) is 3.00. The topological polar surface area (TPSA) is 45.2 Å². The summed E-state index contributed by atoms with van der Waals surface area (Å²) in [4.78, 5) is 18.3. The van der Waals surface area contributed by atoms with Crippen molar-refractivity contribution in [2.75, 3.05) is 18.9 Å². The third kappa shape index (κ3) is 3.19. The van der Waals surface area contributed by atoms with Crippen LogP contribution in [0.5, 0.6) is 0 Å². The van der Waals surface area contributed by atoms with Gasteiger partial charge in [-0.2, -0.15) is 0 Å². The first-order valence-electron chi connectivity index (χ1n) is 6.04. The quantitative estimate of drug-likeness (QED) is 0.852. The molecule has 0 bridgehead atoms. The number of aromatic nitrogens is 1. The van der Waals surface area contributed by atoms with Crippen LogP contribution in [-0.2, 0) is 0 Å². The van der Waals surface area contributed by atoms with E-state index in [9.17, 15) is 4.79 Å². The summed E-state index contributed by atoms with van der Waals surface area (Å²) in [5.74, 6) is 0.0635. The number of nitrogens with one attached hydrogen (secondary N) is 1. The molecule has 0 unspecified atom stereocenters. The van der Waals surface area contributed by atoms with E-state index < -0.39 is 0 Å². The fourth-order valence-electron chi connectivity index (χ4n) is 1.77. The Morgan fingerprint density at radius 1 is 1.53 bits per heavy atom. The van der Waals surface area contributed by atoms with E-state index in [1.807, 2.05) is 18.7 Å². The molecule has 0 spiro atoms. The zero-order valence-electron chi connectivity index (χ0n) is 11.0. The fourth-order valence-corrected chi connectivity index (χ4v) is 1.77. The number of rotatable bonds is 5. The molecule has 0 atom stereocenters. The molecule has 1 amide bonds. The molecular weight excluding hydrogens is 214 g/mol. The SMILES string of the molecule is CCCN(C(=O)c1ccncc1NC)C(C)C. The van der Waals surface area contributed by atoms with Crippen LogP contribution in [0.25, 0.3) is 0 Å². The van der Waals surface area contributed by atoms with Crippen LogP contribution < -0.4 is 5.32 Å². The molecule has 0 aliphatic carbocycles. The normalized spacial score (nSPS) is 10.4. The van der Waals surface area contributed by atoms with Crippen molar-refractivity contribution in [1.82, 2.24) is 9.88 Å². The standard InChI is InChI=1S/C13H21N3O/c1-5-8-16(10(2)3)13(17)11-6-7-15-9-12(11)14-4/h6-7,9-10,14H,5,8H2,1-4H3. The minimum absolute atomic E-state index is 0.0635. The monoisotopic (exact) mass is 235 g/mol. The van der Waals surface area contributed by atoms with Crippen molar-refractivity contribution in [2.45, 2.75) is 33.2 Å². The van der Waals surface area contributed by atoms with Gasteiger partial charge < -0.3 is 10.2 Å². The molecule has 0 saturated carbocycles. The van der Waals surface area contributed by atoms with E-state index in [4.69, 9.17) is 0 Å². The summed E-state index contributed by atoms with van der Waals surface area (Å²) in [7, 11) is 1.80. The predicted octanol–water partition coefficient (Wildman–Crippen LogP) is 2.38. The maximum absolute atomic E-state index is 12.4. The van der Waals surface area contributed by atoms with Crippen LogP contribution in [0.2, 0.25) is 0 Å². The molecule has 1 heterocycles. The van der Waals surface area contributed by atoms with E-state index in [0.717, 1.165) is 18.7 Å². The van der Waals surface area contributed by atoms with Crippen molar-refractivity contribution in [2.24, 2.45) is 0 Å². The number of pyridine rings is 1. The average molecular weight is 235 g/mol. The summed E-state index contributed by atoms with van der Waals surface area (Å²) in [6.07, 6.45) is 4.29. The largest absolute Gasteiger partial charge is 0.386 e. The second-order valence-electron chi connectivity index (χ2n) is 4.26. The molecule has 0 saturated heterocycles. The smallest absolute Gasteiger partial charge is 0.256 e. The van der Waals surface area contributed by atoms with E-state index in [0.29, 0.717) is 5.56 Å². The molecule has 1 N–H and O–H groups in total. The van der Waals surface area contributed by atoms with Gasteiger partial charge in [0.05, 0.1) is 17.4 Å². The lowest BCUT2D eigenvalue weighted by Crippen LogP contribution is -2.37. The molecule has 1 rings (SSSR count). The lowest BCUT2D eigenvalue weighted by atomic mass is 10.1. The van der Waals surface area contributed by atoms with Crippen LogP contribution in [0, 0.1) is 0 Å². The van der Waals surface area contributed by atoms with Gasteiger partial charge in [-0.3, -0.25) is 9.78 Å². The van der Waals surface area contributed by atoms with Crippen molar-refractivity contribution in [1.29, 1.82) is 0 Å². The van der Waals surface area contributed by atoms with Gasteiger partial charge in [-0.05, 0) is 26.3 Å². The first-order chi connectivity index (χ1) is 8.11. The van der Waals surface area contributed by atoms with Crippen LogP contribution in [0.15, 0.2) is 18.5 Å². The Bertz CT molecular complexity index is 377. The van der Waals surface area contributed by atoms with E-state index in [1.165, 1.54) is 0 Å². The van der Waals surface area contributed by atoms with E-state index >= 15 is 0 Å². The second-order valence-corrected chi connectivity index (χ2v) is 4.26. The van der Waals surface area contributed by atoms with Gasteiger partial charge in [0.15, 0.2) is 0 Å². The van der Waals surface area contributed by atoms with Crippen molar-refractivity contribution < 1.29 is 4.79 Å². The van der Waals surface area contributed by atoms with E-state index in [-0.39, 0.29) is 11.9 Å². The number of nitrogens with zero attached hydrogens (tertiary/aromatic N) is 2. The Morgan fingerprint density at radius 3 is 2.76 bits per heavy atom. The van der Waals surface area contributed by atoms with Crippen LogP contribution in [0.3, 0.4) is 0 Å². The number of hydrogen-bond donors (Lipinski definition) is 1. The van der Waals surface area contributed by atoms with Crippen LogP contribution in [0.1, 0.15) is 37.6 Å². The van der Waals surface area contributed by atoms with Gasteiger partial charge >= 0.3 is 0 Å². The summed E-state index contributed by atoms with van der Waals surface area (Å²) in [5.41, 5.74) is 1.46. The highest BCUT2D eigenvalue weighted by molar-refractivity contribution is 5.99. The summed E-state index contributed by atoms with van der Waals surface area (Å²) >= 11 is 0. The molecule has 0 fully saturated rings. The van der Waals surface area contributed by atoms with Gasteiger partial charge in [-0.25, -0.2) is 0 Å². The lowest BCUT2D eigenvalue weighted by Gasteiger charge is -2.27. The average Bonchev–Trinajstić information content (AvgIpc) is 2.34. The molecule has 0 aromatic carbocycles. The van der Waals surface area contributed by atoms with Crippen molar-refractivity contribution >= 4 is 11.6 Å². The van der Waals surface area contributed by atoms with Gasteiger partial charge in [0.2, 0.25) is 0 Å². The molecule has 0 aliphatic rings. The molecule has 94 valence electrons. The van der Waals surface area contributed by atoms with Crippen LogP contribution in [-0.4, -0.2) is 35.4 Å². The van der Waals surface area contributed by atoms with Crippen molar-refractivity contribution in [3.05, 3.63) is 24.0 Å². The van der Waals surface area contributed by atoms with Crippen LogP contribution in [0.4, 0.5) is 5.69 Å². The first kappa shape index (κ1) is 13.5. The molecular formula is C13H21N3O. The van der Waals surface area contributed by atoms with E-state index in [2.05, 4.69) is 17.2 Å². The Labute approximate surface area is 103 Å². The minimum atomic E-state index is 0.0635. The highest BCUT2D eigenvalue weighted by Crippen LogP contribution is 2.16. The van der Waals surface area contributed by atoms with Gasteiger partial charge in [0.25, 0.3) is 5.91 Å². The molecule has 17 heavy (non-hydrogen) atoms. The maximum Gasteiger partial charge on any atom is 0.256 e. The minimum Gasteiger partial charge on any atom is -0.386 e. The Kier molecular flexibility index (Phi) is 4.94.